The van der Waals surface area contributed by atoms with Crippen LogP contribution in [0.15, 0.2) is 28.7 Å². The van der Waals surface area contributed by atoms with Gasteiger partial charge in [0, 0.05) is 11.1 Å². The normalized spacial score (nSPS) is 10.9. The van der Waals surface area contributed by atoms with E-state index in [9.17, 15) is 0 Å². The lowest BCUT2D eigenvalue weighted by molar-refractivity contribution is 0.556. The molecule has 0 unspecified atom stereocenters. The molecule has 82 valence electrons. The quantitative estimate of drug-likeness (QED) is 0.631. The van der Waals surface area contributed by atoms with Crippen molar-refractivity contribution in [2.45, 2.75) is 0 Å². The summed E-state index contributed by atoms with van der Waals surface area (Å²) in [7, 11) is 0. The van der Waals surface area contributed by atoms with Crippen molar-refractivity contribution >= 4 is 29.8 Å². The van der Waals surface area contributed by atoms with Crippen LogP contribution in [0.3, 0.4) is 0 Å². The maximum atomic E-state index is 5.84. The zero-order valence-electron chi connectivity index (χ0n) is 8.22. The molecular weight excluding hydrogens is 228 g/mol. The molecule has 0 aliphatic rings. The van der Waals surface area contributed by atoms with E-state index in [2.05, 4.69) is 15.6 Å². The van der Waals surface area contributed by atoms with Crippen molar-refractivity contribution in [3.05, 3.63) is 40.7 Å². The summed E-state index contributed by atoms with van der Waals surface area (Å²) in [5.41, 5.74) is 3.21. The number of benzene rings is 1. The molecule has 16 heavy (non-hydrogen) atoms. The third kappa shape index (κ3) is 2.59. The van der Waals surface area contributed by atoms with Gasteiger partial charge in [0.25, 0.3) is 0 Å². The summed E-state index contributed by atoms with van der Waals surface area (Å²) in [6.07, 6.45) is 3.50. The summed E-state index contributed by atoms with van der Waals surface area (Å²) in [5, 5.41) is 8.06. The van der Waals surface area contributed by atoms with Gasteiger partial charge in [-0.05, 0) is 23.8 Å². The topological polar surface area (TPSA) is 77.0 Å². The van der Waals surface area contributed by atoms with Gasteiger partial charge in [0.05, 0.1) is 0 Å². The average molecular weight is 237 g/mol. The lowest BCUT2D eigenvalue weighted by atomic mass is 10.2. The van der Waals surface area contributed by atoms with Crippen LogP contribution in [0.1, 0.15) is 11.5 Å². The number of hydrogen-bond acceptors (Lipinski definition) is 5. The molecule has 6 heteroatoms. The Labute approximate surface area is 96.9 Å². The predicted molar refractivity (Wildman–Crippen MR) is 62.5 cm³/mol. The van der Waals surface area contributed by atoms with E-state index in [0.29, 0.717) is 10.9 Å². The Morgan fingerprint density at radius 3 is 2.88 bits per heavy atom. The molecule has 1 heterocycles. The molecule has 0 fully saturated rings. The highest BCUT2D eigenvalue weighted by atomic mass is 35.5. The van der Waals surface area contributed by atoms with E-state index in [1.807, 2.05) is 30.3 Å². The van der Waals surface area contributed by atoms with E-state index in [0.717, 1.165) is 5.56 Å². The lowest BCUT2D eigenvalue weighted by Crippen LogP contribution is -2.06. The van der Waals surface area contributed by atoms with Crippen LogP contribution in [-0.2, 0) is 0 Å². The number of hydrazine groups is 1. The summed E-state index contributed by atoms with van der Waals surface area (Å²) >= 11 is 5.84. The molecule has 5 nitrogen and oxygen atoms in total. The first-order chi connectivity index (χ1) is 7.78. The van der Waals surface area contributed by atoms with Crippen LogP contribution in [0.25, 0.3) is 12.2 Å². The Bertz CT molecular complexity index is 509. The fourth-order valence-corrected chi connectivity index (χ4v) is 1.34. The highest BCUT2D eigenvalue weighted by Gasteiger charge is 1.99. The molecular formula is C10H9ClN4O. The van der Waals surface area contributed by atoms with Crippen molar-refractivity contribution in [3.63, 3.8) is 0 Å². The van der Waals surface area contributed by atoms with Gasteiger partial charge in [-0.1, -0.05) is 28.8 Å². The Hall–Kier alpha value is -1.85. The number of halogens is 1. The average Bonchev–Trinajstić information content (AvgIpc) is 2.74. The maximum absolute atomic E-state index is 5.84. The lowest BCUT2D eigenvalue weighted by Gasteiger charge is -1.92. The standard InChI is InChI=1S/C10H9ClN4O/c11-8-3-1-2-7(6-8)4-5-9-14-15-10(13-12)16-9/h1-6H,12H2,(H,13,15)/b5-4+. The number of hydrogen-bond donors (Lipinski definition) is 2. The molecule has 0 saturated carbocycles. The maximum Gasteiger partial charge on any atom is 0.330 e. The van der Waals surface area contributed by atoms with Gasteiger partial charge in [-0.3, -0.25) is 5.43 Å². The van der Waals surface area contributed by atoms with Crippen molar-refractivity contribution in [3.8, 4) is 0 Å². The van der Waals surface area contributed by atoms with Crippen LogP contribution < -0.4 is 11.3 Å². The summed E-state index contributed by atoms with van der Waals surface area (Å²) in [5.74, 6) is 5.47. The van der Waals surface area contributed by atoms with Gasteiger partial charge >= 0.3 is 6.01 Å². The van der Waals surface area contributed by atoms with Crippen LogP contribution in [-0.4, -0.2) is 10.2 Å². The fraction of sp³-hybridized carbons (Fsp3) is 0. The summed E-state index contributed by atoms with van der Waals surface area (Å²) in [4.78, 5) is 0. The zero-order valence-corrected chi connectivity index (χ0v) is 8.98. The molecule has 0 aliphatic carbocycles. The van der Waals surface area contributed by atoms with Crippen LogP contribution in [0.2, 0.25) is 5.02 Å². The van der Waals surface area contributed by atoms with Crippen LogP contribution >= 0.6 is 11.6 Å². The SMILES string of the molecule is NNc1nnc(/C=C/c2cccc(Cl)c2)o1. The second-order valence-corrected chi connectivity index (χ2v) is 3.41. The van der Waals surface area contributed by atoms with Gasteiger partial charge < -0.3 is 4.42 Å². The van der Waals surface area contributed by atoms with E-state index in [1.165, 1.54) is 0 Å². The van der Waals surface area contributed by atoms with E-state index in [4.69, 9.17) is 21.9 Å². The number of nitrogen functional groups attached to an aromatic ring is 1. The molecule has 2 aromatic rings. The van der Waals surface area contributed by atoms with E-state index in [-0.39, 0.29) is 6.01 Å². The summed E-state index contributed by atoms with van der Waals surface area (Å²) in [6.45, 7) is 0. The number of nitrogens with two attached hydrogens (primary N) is 1. The van der Waals surface area contributed by atoms with Crippen molar-refractivity contribution < 1.29 is 4.42 Å². The van der Waals surface area contributed by atoms with Gasteiger partial charge in [0.15, 0.2) is 0 Å². The van der Waals surface area contributed by atoms with Crippen molar-refractivity contribution in [2.24, 2.45) is 5.84 Å². The molecule has 3 N–H and O–H groups in total. The Balaban J connectivity index is 2.14. The Morgan fingerprint density at radius 1 is 1.31 bits per heavy atom. The number of anilines is 1. The first-order valence-corrected chi connectivity index (χ1v) is 4.89. The van der Waals surface area contributed by atoms with E-state index >= 15 is 0 Å². The third-order valence-corrected chi connectivity index (χ3v) is 2.07. The van der Waals surface area contributed by atoms with Gasteiger partial charge in [-0.25, -0.2) is 5.84 Å². The first kappa shape index (κ1) is 10.7. The van der Waals surface area contributed by atoms with Gasteiger partial charge in [-0.2, -0.15) is 0 Å². The number of aromatic nitrogens is 2. The monoisotopic (exact) mass is 236 g/mol. The van der Waals surface area contributed by atoms with Gasteiger partial charge in [0.2, 0.25) is 5.89 Å². The van der Waals surface area contributed by atoms with E-state index < -0.39 is 0 Å². The number of nitrogens with one attached hydrogen (secondary N) is 1. The number of nitrogens with zero attached hydrogens (tertiary/aromatic N) is 2. The highest BCUT2D eigenvalue weighted by Crippen LogP contribution is 2.13. The van der Waals surface area contributed by atoms with Crippen LogP contribution in [0, 0.1) is 0 Å². The van der Waals surface area contributed by atoms with Crippen molar-refractivity contribution in [1.29, 1.82) is 0 Å². The fourth-order valence-electron chi connectivity index (χ4n) is 1.14. The van der Waals surface area contributed by atoms with Crippen LogP contribution in [0.5, 0.6) is 0 Å². The minimum atomic E-state index is 0.172. The second kappa shape index (κ2) is 4.78. The minimum Gasteiger partial charge on any atom is -0.403 e. The molecule has 0 radical (unpaired) electrons. The Morgan fingerprint density at radius 2 is 2.19 bits per heavy atom. The van der Waals surface area contributed by atoms with Gasteiger partial charge in [0.1, 0.15) is 0 Å². The van der Waals surface area contributed by atoms with Crippen molar-refractivity contribution in [2.75, 3.05) is 5.43 Å². The molecule has 0 bridgehead atoms. The van der Waals surface area contributed by atoms with Crippen LogP contribution in [0.4, 0.5) is 6.01 Å². The molecule has 1 aromatic heterocycles. The van der Waals surface area contributed by atoms with E-state index in [1.54, 1.807) is 6.08 Å². The summed E-state index contributed by atoms with van der Waals surface area (Å²) in [6, 6.07) is 7.59. The molecule has 0 spiro atoms. The minimum absolute atomic E-state index is 0.172. The molecule has 0 aliphatic heterocycles. The Kier molecular flexibility index (Phi) is 3.19. The summed E-state index contributed by atoms with van der Waals surface area (Å²) < 4.78 is 5.11. The molecule has 0 saturated heterocycles. The second-order valence-electron chi connectivity index (χ2n) is 2.98. The largest absolute Gasteiger partial charge is 0.403 e. The highest BCUT2D eigenvalue weighted by molar-refractivity contribution is 6.30. The first-order valence-electron chi connectivity index (χ1n) is 4.52. The number of rotatable bonds is 3. The molecule has 2 rings (SSSR count). The molecule has 0 atom stereocenters. The molecule has 1 aromatic carbocycles. The third-order valence-electron chi connectivity index (χ3n) is 1.83. The molecule has 0 amide bonds. The van der Waals surface area contributed by atoms with Gasteiger partial charge in [-0.15, -0.1) is 5.10 Å². The zero-order chi connectivity index (χ0) is 11.4. The smallest absolute Gasteiger partial charge is 0.330 e. The predicted octanol–water partition coefficient (Wildman–Crippen LogP) is 2.18. The van der Waals surface area contributed by atoms with Crippen molar-refractivity contribution in [1.82, 2.24) is 10.2 Å².